The lowest BCUT2D eigenvalue weighted by molar-refractivity contribution is -0.132. The van der Waals surface area contributed by atoms with Crippen molar-refractivity contribution in [3.8, 4) is 0 Å². The zero-order chi connectivity index (χ0) is 20.4. The fourth-order valence-electron chi connectivity index (χ4n) is 3.24. The normalized spacial score (nSPS) is 11.2. The number of amides is 1. The Bertz CT molecular complexity index is 1250. The molecule has 0 aliphatic rings. The Morgan fingerprint density at radius 1 is 1.21 bits per heavy atom. The summed E-state index contributed by atoms with van der Waals surface area (Å²) < 4.78 is 1.58. The van der Waals surface area contributed by atoms with E-state index in [1.54, 1.807) is 27.8 Å². The van der Waals surface area contributed by atoms with Gasteiger partial charge in [0, 0.05) is 11.6 Å². The molecule has 4 aromatic rings. The summed E-state index contributed by atoms with van der Waals surface area (Å²) in [6.07, 6.45) is 0.771. The summed E-state index contributed by atoms with van der Waals surface area (Å²) in [6.45, 7) is 2.77. The number of aromatic nitrogens is 5. The molecule has 0 radical (unpaired) electrons. The van der Waals surface area contributed by atoms with Gasteiger partial charge in [0.15, 0.2) is 0 Å². The number of carbonyl (C=O) groups is 1. The van der Waals surface area contributed by atoms with Gasteiger partial charge in [-0.2, -0.15) is 0 Å². The highest BCUT2D eigenvalue weighted by atomic mass is 35.5. The van der Waals surface area contributed by atoms with Gasteiger partial charge in [-0.1, -0.05) is 35.9 Å². The highest BCUT2D eigenvalue weighted by molar-refractivity contribution is 6.31. The van der Waals surface area contributed by atoms with E-state index in [0.717, 1.165) is 17.5 Å². The van der Waals surface area contributed by atoms with E-state index in [0.29, 0.717) is 28.3 Å². The summed E-state index contributed by atoms with van der Waals surface area (Å²) in [6, 6.07) is 12.4. The quantitative estimate of drug-likeness (QED) is 0.527. The molecule has 148 valence electrons. The number of fused-ring (bicyclic) bond motifs is 2. The lowest BCUT2D eigenvalue weighted by Gasteiger charge is -2.21. The molecule has 0 aliphatic heterocycles. The van der Waals surface area contributed by atoms with Crippen LogP contribution in [0.3, 0.4) is 0 Å². The Morgan fingerprint density at radius 3 is 2.86 bits per heavy atom. The second kappa shape index (κ2) is 8.00. The third kappa shape index (κ3) is 3.97. The van der Waals surface area contributed by atoms with Crippen molar-refractivity contribution in [1.82, 2.24) is 29.9 Å². The van der Waals surface area contributed by atoms with Crippen molar-refractivity contribution in [3.63, 3.8) is 0 Å². The molecule has 4 rings (SSSR count). The number of H-pyrrole nitrogens is 1. The van der Waals surface area contributed by atoms with Crippen LogP contribution in [-0.2, 0) is 17.9 Å². The van der Waals surface area contributed by atoms with Crippen molar-refractivity contribution in [2.24, 2.45) is 0 Å². The van der Waals surface area contributed by atoms with Gasteiger partial charge in [-0.05, 0) is 36.8 Å². The molecule has 2 aromatic heterocycles. The van der Waals surface area contributed by atoms with Crippen molar-refractivity contribution < 1.29 is 4.79 Å². The third-order valence-electron chi connectivity index (χ3n) is 4.61. The molecule has 0 unspecified atom stereocenters. The molecule has 1 amide bonds. The van der Waals surface area contributed by atoms with Crippen molar-refractivity contribution in [3.05, 3.63) is 63.7 Å². The zero-order valence-corrected chi connectivity index (χ0v) is 16.6. The maximum atomic E-state index is 12.9. The van der Waals surface area contributed by atoms with Crippen molar-refractivity contribution >= 4 is 39.4 Å². The van der Waals surface area contributed by atoms with Crippen LogP contribution in [0.2, 0.25) is 5.02 Å². The molecule has 0 fully saturated rings. The number of hydrogen-bond donors (Lipinski definition) is 1. The molecule has 0 saturated carbocycles. The third-order valence-corrected chi connectivity index (χ3v) is 4.84. The molecule has 0 spiro atoms. The van der Waals surface area contributed by atoms with Gasteiger partial charge in [0.2, 0.25) is 5.91 Å². The number of nitrogens with zero attached hydrogens (tertiary/aromatic N) is 5. The van der Waals surface area contributed by atoms with Gasteiger partial charge in [-0.3, -0.25) is 9.59 Å². The summed E-state index contributed by atoms with van der Waals surface area (Å²) in [5.41, 5.74) is 1.78. The summed E-state index contributed by atoms with van der Waals surface area (Å²) in [7, 11) is 0. The van der Waals surface area contributed by atoms with E-state index in [2.05, 4.69) is 20.3 Å². The number of rotatable bonds is 6. The van der Waals surface area contributed by atoms with Gasteiger partial charge < -0.3 is 9.88 Å². The summed E-state index contributed by atoms with van der Waals surface area (Å²) >= 11 is 6.02. The molecule has 8 nitrogen and oxygen atoms in total. The number of benzene rings is 2. The minimum atomic E-state index is -0.257. The smallest absolute Gasteiger partial charge is 0.258 e. The average molecular weight is 411 g/mol. The summed E-state index contributed by atoms with van der Waals surface area (Å²) in [5.74, 6) is 0.284. The Morgan fingerprint density at radius 2 is 2.03 bits per heavy atom. The number of para-hydroxylation sites is 1. The largest absolute Gasteiger partial charge is 0.334 e. The maximum Gasteiger partial charge on any atom is 0.258 e. The minimum Gasteiger partial charge on any atom is -0.334 e. The van der Waals surface area contributed by atoms with Crippen LogP contribution in [0.1, 0.15) is 19.2 Å². The van der Waals surface area contributed by atoms with Crippen LogP contribution in [0.5, 0.6) is 0 Å². The monoisotopic (exact) mass is 410 g/mol. The number of carbonyl (C=O) groups excluding carboxylic acids is 1. The van der Waals surface area contributed by atoms with Crippen LogP contribution >= 0.6 is 11.6 Å². The highest BCUT2D eigenvalue weighted by Crippen LogP contribution is 2.15. The van der Waals surface area contributed by atoms with E-state index in [1.807, 2.05) is 31.2 Å². The molecular weight excluding hydrogens is 392 g/mol. The lowest BCUT2D eigenvalue weighted by Crippen LogP contribution is -2.35. The first-order chi connectivity index (χ1) is 14.0. The molecule has 29 heavy (non-hydrogen) atoms. The number of nitrogens with one attached hydrogen (secondary N) is 1. The average Bonchev–Trinajstić information content (AvgIpc) is 3.10. The first-order valence-corrected chi connectivity index (χ1v) is 9.67. The van der Waals surface area contributed by atoms with Gasteiger partial charge in [-0.25, -0.2) is 9.67 Å². The van der Waals surface area contributed by atoms with E-state index in [4.69, 9.17) is 11.6 Å². The van der Waals surface area contributed by atoms with Gasteiger partial charge in [0.05, 0.1) is 23.0 Å². The van der Waals surface area contributed by atoms with Gasteiger partial charge in [0.25, 0.3) is 5.56 Å². The number of aromatic amines is 1. The van der Waals surface area contributed by atoms with Crippen molar-refractivity contribution in [1.29, 1.82) is 0 Å². The van der Waals surface area contributed by atoms with Gasteiger partial charge in [0.1, 0.15) is 17.9 Å². The predicted octanol–water partition coefficient (Wildman–Crippen LogP) is 2.76. The SMILES string of the molecule is CCCN(Cc1nc2cc(Cl)ccc2c(=O)[nH]1)C(=O)Cn1nnc2ccccc21. The second-order valence-corrected chi connectivity index (χ2v) is 7.16. The molecular formula is C20H19ClN6O2. The predicted molar refractivity (Wildman–Crippen MR) is 111 cm³/mol. The van der Waals surface area contributed by atoms with Crippen LogP contribution in [-0.4, -0.2) is 42.3 Å². The summed E-state index contributed by atoms with van der Waals surface area (Å²) in [4.78, 5) is 34.2. The van der Waals surface area contributed by atoms with E-state index in [-0.39, 0.29) is 24.6 Å². The van der Waals surface area contributed by atoms with Crippen molar-refractivity contribution in [2.75, 3.05) is 6.54 Å². The topological polar surface area (TPSA) is 96.8 Å². The summed E-state index contributed by atoms with van der Waals surface area (Å²) in [5, 5.41) is 9.13. The van der Waals surface area contributed by atoms with Crippen LogP contribution in [0.25, 0.3) is 21.9 Å². The van der Waals surface area contributed by atoms with E-state index < -0.39 is 0 Å². The Hall–Kier alpha value is -3.26. The second-order valence-electron chi connectivity index (χ2n) is 6.73. The molecule has 2 heterocycles. The molecule has 0 aliphatic carbocycles. The Kier molecular flexibility index (Phi) is 5.26. The number of hydrogen-bond acceptors (Lipinski definition) is 5. The van der Waals surface area contributed by atoms with Gasteiger partial charge in [-0.15, -0.1) is 5.10 Å². The molecule has 0 saturated heterocycles. The molecule has 0 atom stereocenters. The Labute approximate surface area is 171 Å². The van der Waals surface area contributed by atoms with Crippen molar-refractivity contribution in [2.45, 2.75) is 26.4 Å². The van der Waals surface area contributed by atoms with E-state index in [9.17, 15) is 9.59 Å². The number of halogens is 1. The van der Waals surface area contributed by atoms with Crippen LogP contribution in [0.15, 0.2) is 47.3 Å². The first-order valence-electron chi connectivity index (χ1n) is 9.29. The fourth-order valence-corrected chi connectivity index (χ4v) is 3.41. The van der Waals surface area contributed by atoms with Crippen LogP contribution < -0.4 is 5.56 Å². The lowest BCUT2D eigenvalue weighted by atomic mass is 10.2. The van der Waals surface area contributed by atoms with E-state index >= 15 is 0 Å². The molecule has 9 heteroatoms. The molecule has 1 N–H and O–H groups in total. The van der Waals surface area contributed by atoms with Gasteiger partial charge >= 0.3 is 0 Å². The van der Waals surface area contributed by atoms with E-state index in [1.165, 1.54) is 0 Å². The van der Waals surface area contributed by atoms with Crippen LogP contribution in [0.4, 0.5) is 0 Å². The maximum absolute atomic E-state index is 12.9. The standard InChI is InChI=1S/C20H19ClN6O2/c1-2-9-26(19(28)12-27-17-6-4-3-5-15(17)24-25-27)11-18-22-16-10-13(21)7-8-14(16)20(29)23-18/h3-8,10H,2,9,11-12H2,1H3,(H,22,23,29). The Balaban J connectivity index is 1.59. The minimum absolute atomic E-state index is 0.0597. The molecule has 2 aromatic carbocycles. The van der Waals surface area contributed by atoms with Crippen LogP contribution in [0, 0.1) is 0 Å². The highest BCUT2D eigenvalue weighted by Gasteiger charge is 2.17. The first kappa shape index (κ1) is 19.1. The zero-order valence-electron chi connectivity index (χ0n) is 15.8. The molecule has 0 bridgehead atoms. The fraction of sp³-hybridized carbons (Fsp3) is 0.250.